The van der Waals surface area contributed by atoms with Gasteiger partial charge in [0.1, 0.15) is 16.6 Å². The molecule has 7 nitrogen and oxygen atoms in total. The molecule has 0 radical (unpaired) electrons. The first-order valence-electron chi connectivity index (χ1n) is 10.00. The van der Waals surface area contributed by atoms with E-state index in [2.05, 4.69) is 11.4 Å². The molecule has 154 valence electrons. The van der Waals surface area contributed by atoms with Crippen molar-refractivity contribution in [2.24, 2.45) is 0 Å². The van der Waals surface area contributed by atoms with E-state index in [-0.39, 0.29) is 12.1 Å². The summed E-state index contributed by atoms with van der Waals surface area (Å²) in [5.74, 6) is -1.29. The number of nitrogens with one attached hydrogen (secondary N) is 1. The van der Waals surface area contributed by atoms with E-state index in [0.29, 0.717) is 5.56 Å². The number of carbonyl (C=O) groups excluding carboxylic acids is 3. The number of aryl methyl sites for hydroxylation is 2. The molecular weight excluding hydrogens is 400 g/mol. The van der Waals surface area contributed by atoms with E-state index in [4.69, 9.17) is 0 Å². The third-order valence-corrected chi connectivity index (χ3v) is 7.02. The highest BCUT2D eigenvalue weighted by Crippen LogP contribution is 2.38. The van der Waals surface area contributed by atoms with E-state index < -0.39 is 17.8 Å². The normalized spacial score (nSPS) is 17.9. The second-order valence-corrected chi connectivity index (χ2v) is 8.62. The zero-order chi connectivity index (χ0) is 21.6. The Kier molecular flexibility index (Phi) is 5.08. The molecule has 1 fully saturated rings. The molecule has 0 bridgehead atoms. The maximum absolute atomic E-state index is 12.6. The average Bonchev–Trinajstić information content (AvgIpc) is 3.21. The van der Waals surface area contributed by atoms with Crippen molar-refractivity contribution in [2.75, 3.05) is 6.54 Å². The number of aromatic nitrogens is 1. The molecule has 8 heteroatoms. The molecule has 2 aromatic heterocycles. The third-order valence-electron chi connectivity index (χ3n) is 5.74. The number of hydrogen-bond donors (Lipinski definition) is 1. The average molecular weight is 423 g/mol. The Morgan fingerprint density at radius 2 is 1.97 bits per heavy atom. The minimum atomic E-state index is -0.696. The monoisotopic (exact) mass is 422 g/mol. The number of carbonyl (C=O) groups is 3. The van der Waals surface area contributed by atoms with Crippen LogP contribution in [0.25, 0.3) is 11.1 Å². The maximum atomic E-state index is 12.6. The van der Waals surface area contributed by atoms with Gasteiger partial charge in [0.05, 0.1) is 5.56 Å². The molecule has 2 aromatic rings. The Morgan fingerprint density at radius 3 is 2.67 bits per heavy atom. The van der Waals surface area contributed by atoms with Crippen molar-refractivity contribution in [1.29, 1.82) is 5.26 Å². The van der Waals surface area contributed by atoms with E-state index in [0.717, 1.165) is 58.1 Å². The molecule has 0 spiro atoms. The van der Waals surface area contributed by atoms with Crippen LogP contribution in [0.4, 0.5) is 4.79 Å². The summed E-state index contributed by atoms with van der Waals surface area (Å²) in [6.07, 6.45) is 5.71. The van der Waals surface area contributed by atoms with Crippen molar-refractivity contribution in [2.45, 2.75) is 46.5 Å². The predicted molar refractivity (Wildman–Crippen MR) is 113 cm³/mol. The summed E-state index contributed by atoms with van der Waals surface area (Å²) >= 11 is 1.65. The van der Waals surface area contributed by atoms with Gasteiger partial charge in [-0.05, 0) is 69.7 Å². The minimum Gasteiger partial charge on any atom is -0.308 e. The van der Waals surface area contributed by atoms with Crippen LogP contribution < -0.4 is 5.32 Å². The van der Waals surface area contributed by atoms with E-state index >= 15 is 0 Å². The topological polar surface area (TPSA) is 95.2 Å². The third kappa shape index (κ3) is 3.06. The van der Waals surface area contributed by atoms with Gasteiger partial charge in [0.25, 0.3) is 11.8 Å². The Balaban J connectivity index is 1.81. The summed E-state index contributed by atoms with van der Waals surface area (Å²) in [6.45, 7) is 5.71. The number of rotatable bonds is 3. The van der Waals surface area contributed by atoms with Crippen LogP contribution >= 0.6 is 11.3 Å². The first kappa shape index (κ1) is 20.1. The van der Waals surface area contributed by atoms with Crippen LogP contribution in [0.3, 0.4) is 0 Å². The molecule has 1 aliphatic heterocycles. The number of fused-ring (bicyclic) bond motifs is 1. The first-order chi connectivity index (χ1) is 14.4. The van der Waals surface area contributed by atoms with Crippen LogP contribution in [0, 0.1) is 25.2 Å². The van der Waals surface area contributed by atoms with Gasteiger partial charge in [-0.25, -0.2) is 4.79 Å². The first-order valence-corrected chi connectivity index (χ1v) is 10.8. The van der Waals surface area contributed by atoms with E-state index in [1.807, 2.05) is 24.5 Å². The fraction of sp³-hybridized carbons (Fsp3) is 0.364. The zero-order valence-corrected chi connectivity index (χ0v) is 18.0. The molecule has 4 rings (SSSR count). The highest BCUT2D eigenvalue weighted by atomic mass is 32.1. The number of imide groups is 2. The van der Waals surface area contributed by atoms with E-state index in [1.54, 1.807) is 18.3 Å². The van der Waals surface area contributed by atoms with Crippen LogP contribution in [0.15, 0.2) is 11.6 Å². The van der Waals surface area contributed by atoms with Gasteiger partial charge in [0, 0.05) is 22.8 Å². The largest absolute Gasteiger partial charge is 0.331 e. The van der Waals surface area contributed by atoms with Crippen LogP contribution in [0.5, 0.6) is 0 Å². The molecule has 1 saturated heterocycles. The summed E-state index contributed by atoms with van der Waals surface area (Å²) in [5, 5.41) is 12.9. The smallest absolute Gasteiger partial charge is 0.308 e. The van der Waals surface area contributed by atoms with Gasteiger partial charge in [0.2, 0.25) is 0 Å². The number of amides is 4. The van der Waals surface area contributed by atoms with Crippen molar-refractivity contribution in [3.05, 3.63) is 44.6 Å². The zero-order valence-electron chi connectivity index (χ0n) is 17.2. The molecule has 1 aliphatic carbocycles. The number of thiophene rings is 1. The Hall–Kier alpha value is -3.18. The lowest BCUT2D eigenvalue weighted by Gasteiger charge is -2.24. The van der Waals surface area contributed by atoms with Crippen molar-refractivity contribution >= 4 is 35.3 Å². The SMILES string of the molecule is CCN1C(=O)NC(=O)/C(=C\c2cc(C)n(-c3sc4c(c3C#N)CCCC4)c2C)C1=O. The second-order valence-electron chi connectivity index (χ2n) is 7.53. The maximum Gasteiger partial charge on any atom is 0.331 e. The number of likely N-dealkylation sites (N-methyl/N-ethyl adjacent to an activating group) is 1. The summed E-state index contributed by atoms with van der Waals surface area (Å²) in [5.41, 5.74) is 4.30. The number of urea groups is 1. The second kappa shape index (κ2) is 7.58. The van der Waals surface area contributed by atoms with Crippen molar-refractivity contribution in [3.63, 3.8) is 0 Å². The number of nitriles is 1. The fourth-order valence-corrected chi connectivity index (χ4v) is 5.66. The lowest BCUT2D eigenvalue weighted by molar-refractivity contribution is -0.129. The van der Waals surface area contributed by atoms with Crippen molar-refractivity contribution in [3.8, 4) is 11.1 Å². The van der Waals surface area contributed by atoms with Gasteiger partial charge in [-0.15, -0.1) is 11.3 Å². The lowest BCUT2D eigenvalue weighted by atomic mass is 9.96. The molecule has 3 heterocycles. The number of barbiturate groups is 1. The van der Waals surface area contributed by atoms with Crippen LogP contribution in [0.2, 0.25) is 0 Å². The van der Waals surface area contributed by atoms with Gasteiger partial charge < -0.3 is 4.57 Å². The van der Waals surface area contributed by atoms with Gasteiger partial charge in [-0.3, -0.25) is 19.8 Å². The molecular formula is C22H22N4O3S. The van der Waals surface area contributed by atoms with E-state index in [9.17, 15) is 19.6 Å². The lowest BCUT2D eigenvalue weighted by Crippen LogP contribution is -2.53. The molecule has 0 saturated carbocycles. The van der Waals surface area contributed by atoms with Crippen molar-refractivity contribution in [1.82, 2.24) is 14.8 Å². The molecule has 2 aliphatic rings. The Bertz CT molecular complexity index is 1160. The highest BCUT2D eigenvalue weighted by molar-refractivity contribution is 7.15. The number of nitrogens with zero attached hydrogens (tertiary/aromatic N) is 3. The molecule has 0 unspecified atom stereocenters. The van der Waals surface area contributed by atoms with E-state index in [1.165, 1.54) is 11.0 Å². The molecule has 30 heavy (non-hydrogen) atoms. The number of hydrogen-bond acceptors (Lipinski definition) is 5. The Labute approximate surface area is 178 Å². The summed E-state index contributed by atoms with van der Waals surface area (Å²) in [4.78, 5) is 39.0. The standard InChI is InChI=1S/C22H22N4O3S/c1-4-25-20(28)16(19(27)24-22(25)29)10-14-9-12(2)26(13(14)3)21-17(11-23)15-7-5-6-8-18(15)30-21/h9-10H,4-8H2,1-3H3,(H,24,27,29)/b16-10+. The summed E-state index contributed by atoms with van der Waals surface area (Å²) < 4.78 is 2.03. The van der Waals surface area contributed by atoms with Gasteiger partial charge in [-0.2, -0.15) is 5.26 Å². The van der Waals surface area contributed by atoms with Gasteiger partial charge in [0.15, 0.2) is 0 Å². The van der Waals surface area contributed by atoms with Crippen LogP contribution in [-0.2, 0) is 22.4 Å². The van der Waals surface area contributed by atoms with Gasteiger partial charge in [-0.1, -0.05) is 0 Å². The molecule has 0 atom stereocenters. The van der Waals surface area contributed by atoms with Crippen LogP contribution in [-0.4, -0.2) is 33.9 Å². The highest BCUT2D eigenvalue weighted by Gasteiger charge is 2.35. The minimum absolute atomic E-state index is 0.0670. The Morgan fingerprint density at radius 1 is 1.23 bits per heavy atom. The van der Waals surface area contributed by atoms with Crippen molar-refractivity contribution < 1.29 is 14.4 Å². The molecule has 4 amide bonds. The fourth-order valence-electron chi connectivity index (χ4n) is 4.21. The molecule has 0 aromatic carbocycles. The molecule has 1 N–H and O–H groups in total. The summed E-state index contributed by atoms with van der Waals surface area (Å²) in [6, 6.07) is 3.59. The van der Waals surface area contributed by atoms with Gasteiger partial charge >= 0.3 is 6.03 Å². The quantitative estimate of drug-likeness (QED) is 0.606. The summed E-state index contributed by atoms with van der Waals surface area (Å²) in [7, 11) is 0. The predicted octanol–water partition coefficient (Wildman–Crippen LogP) is 3.39. The van der Waals surface area contributed by atoms with Crippen LogP contribution in [0.1, 0.15) is 52.7 Å².